The van der Waals surface area contributed by atoms with Gasteiger partial charge in [0.25, 0.3) is 0 Å². The Morgan fingerprint density at radius 3 is 2.04 bits per heavy atom. The SMILES string of the molecule is CCOC(=O)N1CCN(C(=NC)NCCN2CCN(C(C)=O)CC2)CC1.I. The van der Waals surface area contributed by atoms with E-state index in [-0.39, 0.29) is 36.0 Å². The van der Waals surface area contributed by atoms with Gasteiger partial charge in [-0.3, -0.25) is 14.7 Å². The number of ether oxygens (including phenoxy) is 1. The van der Waals surface area contributed by atoms with E-state index in [1.54, 1.807) is 18.9 Å². The van der Waals surface area contributed by atoms with Gasteiger partial charge in [0.1, 0.15) is 0 Å². The first-order valence-electron chi connectivity index (χ1n) is 9.40. The second-order valence-corrected chi connectivity index (χ2v) is 6.49. The van der Waals surface area contributed by atoms with Crippen LogP contribution in [-0.2, 0) is 9.53 Å². The van der Waals surface area contributed by atoms with Gasteiger partial charge in [0.15, 0.2) is 5.96 Å². The maximum Gasteiger partial charge on any atom is 0.409 e. The minimum absolute atomic E-state index is 0. The molecule has 2 heterocycles. The van der Waals surface area contributed by atoms with Gasteiger partial charge >= 0.3 is 6.09 Å². The Balaban J connectivity index is 0.00000364. The number of guanidine groups is 1. The minimum atomic E-state index is -0.236. The summed E-state index contributed by atoms with van der Waals surface area (Å²) in [4.78, 5) is 35.7. The number of carbonyl (C=O) groups is 2. The molecule has 9 nitrogen and oxygen atoms in total. The third kappa shape index (κ3) is 7.32. The predicted molar refractivity (Wildman–Crippen MR) is 116 cm³/mol. The van der Waals surface area contributed by atoms with Crippen molar-refractivity contribution >= 4 is 41.9 Å². The number of hydrogen-bond donors (Lipinski definition) is 1. The number of nitrogens with zero attached hydrogens (tertiary/aromatic N) is 5. The molecule has 27 heavy (non-hydrogen) atoms. The highest BCUT2D eigenvalue weighted by Crippen LogP contribution is 2.05. The summed E-state index contributed by atoms with van der Waals surface area (Å²) < 4.78 is 5.05. The van der Waals surface area contributed by atoms with Crippen molar-refractivity contribution in [2.75, 3.05) is 79.1 Å². The lowest BCUT2D eigenvalue weighted by atomic mass is 10.3. The molecule has 0 aliphatic carbocycles. The highest BCUT2D eigenvalue weighted by molar-refractivity contribution is 14.0. The predicted octanol–water partition coefficient (Wildman–Crippen LogP) is 0.118. The topological polar surface area (TPSA) is 80.7 Å². The third-order valence-electron chi connectivity index (χ3n) is 4.85. The Labute approximate surface area is 179 Å². The van der Waals surface area contributed by atoms with Gasteiger partial charge in [0.2, 0.25) is 5.91 Å². The lowest BCUT2D eigenvalue weighted by Crippen LogP contribution is -2.55. The van der Waals surface area contributed by atoms with Crippen LogP contribution in [0.2, 0.25) is 0 Å². The van der Waals surface area contributed by atoms with Crippen LogP contribution in [0.4, 0.5) is 4.79 Å². The normalized spacial score (nSPS) is 18.8. The molecule has 0 spiro atoms. The van der Waals surface area contributed by atoms with E-state index in [0.29, 0.717) is 19.7 Å². The van der Waals surface area contributed by atoms with Crippen molar-refractivity contribution in [2.24, 2.45) is 4.99 Å². The molecule has 0 bridgehead atoms. The van der Waals surface area contributed by atoms with E-state index in [1.165, 1.54) is 0 Å². The fraction of sp³-hybridized carbons (Fsp3) is 0.824. The van der Waals surface area contributed by atoms with Gasteiger partial charge in [-0.15, -0.1) is 24.0 Å². The number of carbonyl (C=O) groups excluding carboxylic acids is 2. The maximum absolute atomic E-state index is 11.8. The van der Waals surface area contributed by atoms with Gasteiger partial charge in [0, 0.05) is 79.4 Å². The second-order valence-electron chi connectivity index (χ2n) is 6.49. The van der Waals surface area contributed by atoms with Crippen molar-refractivity contribution in [2.45, 2.75) is 13.8 Å². The fourth-order valence-electron chi connectivity index (χ4n) is 3.26. The van der Waals surface area contributed by atoms with Gasteiger partial charge in [-0.1, -0.05) is 0 Å². The van der Waals surface area contributed by atoms with E-state index in [2.05, 4.69) is 20.1 Å². The minimum Gasteiger partial charge on any atom is -0.450 e. The van der Waals surface area contributed by atoms with Crippen molar-refractivity contribution in [3.05, 3.63) is 0 Å². The van der Waals surface area contributed by atoms with Crippen molar-refractivity contribution in [1.82, 2.24) is 24.9 Å². The van der Waals surface area contributed by atoms with E-state index in [0.717, 1.165) is 58.3 Å². The van der Waals surface area contributed by atoms with Crippen LogP contribution in [0.25, 0.3) is 0 Å². The Kier molecular flexibility index (Phi) is 10.7. The molecule has 0 aromatic heterocycles. The lowest BCUT2D eigenvalue weighted by Gasteiger charge is -2.36. The molecule has 2 fully saturated rings. The zero-order valence-corrected chi connectivity index (χ0v) is 19.0. The summed E-state index contributed by atoms with van der Waals surface area (Å²) >= 11 is 0. The van der Waals surface area contributed by atoms with E-state index >= 15 is 0 Å². The zero-order chi connectivity index (χ0) is 18.9. The van der Waals surface area contributed by atoms with Crippen molar-refractivity contribution < 1.29 is 14.3 Å². The van der Waals surface area contributed by atoms with E-state index in [1.807, 2.05) is 11.8 Å². The largest absolute Gasteiger partial charge is 0.450 e. The molecule has 10 heteroatoms. The van der Waals surface area contributed by atoms with Crippen LogP contribution < -0.4 is 5.32 Å². The average molecular weight is 496 g/mol. The second kappa shape index (κ2) is 12.2. The highest BCUT2D eigenvalue weighted by Gasteiger charge is 2.24. The number of amides is 2. The van der Waals surface area contributed by atoms with Crippen molar-refractivity contribution in [1.29, 1.82) is 0 Å². The van der Waals surface area contributed by atoms with Crippen LogP contribution in [0.1, 0.15) is 13.8 Å². The van der Waals surface area contributed by atoms with E-state index < -0.39 is 0 Å². The molecular formula is C17H33IN6O3. The summed E-state index contributed by atoms with van der Waals surface area (Å²) in [5.74, 6) is 1.03. The molecule has 0 aromatic carbocycles. The fourth-order valence-corrected chi connectivity index (χ4v) is 3.26. The third-order valence-corrected chi connectivity index (χ3v) is 4.85. The summed E-state index contributed by atoms with van der Waals surface area (Å²) in [6, 6.07) is 0. The van der Waals surface area contributed by atoms with Crippen molar-refractivity contribution in [3.63, 3.8) is 0 Å². The molecule has 0 unspecified atom stereocenters. The van der Waals surface area contributed by atoms with Crippen LogP contribution in [0, 0.1) is 0 Å². The summed E-state index contributed by atoms with van der Waals surface area (Å²) in [6.07, 6.45) is -0.236. The van der Waals surface area contributed by atoms with Gasteiger partial charge in [-0.25, -0.2) is 4.79 Å². The molecule has 0 saturated carbocycles. The smallest absolute Gasteiger partial charge is 0.409 e. The number of piperazine rings is 2. The number of halogens is 1. The summed E-state index contributed by atoms with van der Waals surface area (Å²) in [5.41, 5.74) is 0. The van der Waals surface area contributed by atoms with E-state index in [9.17, 15) is 9.59 Å². The highest BCUT2D eigenvalue weighted by atomic mass is 127. The first-order valence-corrected chi connectivity index (χ1v) is 9.40. The molecule has 2 aliphatic heterocycles. The lowest BCUT2D eigenvalue weighted by molar-refractivity contribution is -0.130. The monoisotopic (exact) mass is 496 g/mol. The Morgan fingerprint density at radius 1 is 0.963 bits per heavy atom. The molecular weight excluding hydrogens is 463 g/mol. The molecule has 2 rings (SSSR count). The number of nitrogens with one attached hydrogen (secondary N) is 1. The van der Waals surface area contributed by atoms with Gasteiger partial charge in [0.05, 0.1) is 6.61 Å². The van der Waals surface area contributed by atoms with Gasteiger partial charge in [-0.2, -0.15) is 0 Å². The molecule has 2 saturated heterocycles. The number of hydrogen-bond acceptors (Lipinski definition) is 5. The van der Waals surface area contributed by atoms with Gasteiger partial charge < -0.3 is 24.8 Å². The molecule has 0 atom stereocenters. The molecule has 0 radical (unpaired) electrons. The maximum atomic E-state index is 11.8. The van der Waals surface area contributed by atoms with E-state index in [4.69, 9.17) is 4.74 Å². The Bertz CT molecular complexity index is 503. The molecule has 1 N–H and O–H groups in total. The molecule has 2 aliphatic rings. The molecule has 156 valence electrons. The van der Waals surface area contributed by atoms with Crippen LogP contribution in [0.3, 0.4) is 0 Å². The zero-order valence-electron chi connectivity index (χ0n) is 16.6. The standard InChI is InChI=1S/C17H32N6O3.HI/c1-4-26-17(25)23-13-11-22(12-14-23)16(18-3)19-5-6-20-7-9-21(10-8-20)15(2)24;/h4-14H2,1-3H3,(H,18,19);1H. The Morgan fingerprint density at radius 2 is 1.52 bits per heavy atom. The van der Waals surface area contributed by atoms with Crippen LogP contribution in [-0.4, -0.2) is 117 Å². The quantitative estimate of drug-likeness (QED) is 0.339. The summed E-state index contributed by atoms with van der Waals surface area (Å²) in [7, 11) is 1.78. The number of aliphatic imine (C=N–C) groups is 1. The first kappa shape index (κ1) is 23.7. The summed E-state index contributed by atoms with van der Waals surface area (Å²) in [5, 5.41) is 3.41. The molecule has 0 aromatic rings. The van der Waals surface area contributed by atoms with Crippen LogP contribution >= 0.6 is 24.0 Å². The summed E-state index contributed by atoms with van der Waals surface area (Å²) in [6.45, 7) is 11.8. The average Bonchev–Trinajstić information content (AvgIpc) is 2.66. The van der Waals surface area contributed by atoms with Crippen LogP contribution in [0.15, 0.2) is 4.99 Å². The van der Waals surface area contributed by atoms with Crippen molar-refractivity contribution in [3.8, 4) is 0 Å². The first-order chi connectivity index (χ1) is 12.5. The van der Waals surface area contributed by atoms with Gasteiger partial charge in [-0.05, 0) is 6.92 Å². The molecule has 2 amide bonds. The Hall–Kier alpha value is -1.30. The number of rotatable bonds is 4. The van der Waals surface area contributed by atoms with Crippen LogP contribution in [0.5, 0.6) is 0 Å².